The normalized spacial score (nSPS) is 13.0. The summed E-state index contributed by atoms with van der Waals surface area (Å²) in [5.41, 5.74) is 15.0. The van der Waals surface area contributed by atoms with Crippen LogP contribution in [-0.4, -0.2) is 19.5 Å². The molecule has 0 fully saturated rings. The summed E-state index contributed by atoms with van der Waals surface area (Å²) in [5.74, 6) is 3.59. The third-order valence-electron chi connectivity index (χ3n) is 15.9. The second-order valence-electron chi connectivity index (χ2n) is 19.8. The Bertz CT molecular complexity index is 4610. The molecular formula is C70H42N4O. The Kier molecular flexibility index (Phi) is 8.89. The van der Waals surface area contributed by atoms with Gasteiger partial charge in [-0.05, 0) is 108 Å². The summed E-state index contributed by atoms with van der Waals surface area (Å²) in [6.07, 6.45) is 0. The van der Waals surface area contributed by atoms with E-state index in [1.54, 1.807) is 0 Å². The van der Waals surface area contributed by atoms with Crippen LogP contribution in [0.5, 0.6) is 11.5 Å². The summed E-state index contributed by atoms with van der Waals surface area (Å²) >= 11 is 0. The van der Waals surface area contributed by atoms with Crippen LogP contribution < -0.4 is 4.74 Å². The van der Waals surface area contributed by atoms with Gasteiger partial charge in [-0.25, -0.2) is 15.0 Å². The standard InChI is InChI=1S/C70H42N4O/c1-2-16-44(17-3-1)67-71-68(73-69(72-67)47-35-39-60-58(40-47)54-22-8-10-24-59(54)70(60)61-25-11-14-28-65(61)75-66-29-15-12-26-62(66)70)45-32-30-43(31-33-45)46-34-37-56-55-23-9-13-27-63(55)74(64(56)41-46)48-36-38-53-51-20-5-4-18-49(51)50-19-6-7-21-52(50)57(53)42-48/h1-42H. The van der Waals surface area contributed by atoms with Crippen molar-refractivity contribution in [3.8, 4) is 73.6 Å². The highest BCUT2D eigenvalue weighted by molar-refractivity contribution is 6.25. The number of rotatable bonds is 5. The Balaban J connectivity index is 0.813. The summed E-state index contributed by atoms with van der Waals surface area (Å²) in [6, 6.07) is 91.5. The first-order chi connectivity index (χ1) is 37.2. The second-order valence-corrected chi connectivity index (χ2v) is 19.8. The Morgan fingerprint density at radius 2 is 0.747 bits per heavy atom. The van der Waals surface area contributed by atoms with Crippen molar-refractivity contribution in [3.05, 3.63) is 277 Å². The van der Waals surface area contributed by atoms with E-state index in [-0.39, 0.29) is 0 Å². The molecule has 12 aromatic carbocycles. The lowest BCUT2D eigenvalue weighted by atomic mass is 9.66. The van der Waals surface area contributed by atoms with E-state index in [0.717, 1.165) is 67.2 Å². The first-order valence-corrected chi connectivity index (χ1v) is 25.6. The number of fused-ring (bicyclic) bond motifs is 18. The molecule has 3 heterocycles. The maximum Gasteiger partial charge on any atom is 0.164 e. The molecule has 0 saturated carbocycles. The van der Waals surface area contributed by atoms with Crippen LogP contribution in [0.3, 0.4) is 0 Å². The number of para-hydroxylation sites is 3. The summed E-state index contributed by atoms with van der Waals surface area (Å²) in [6.45, 7) is 0. The van der Waals surface area contributed by atoms with E-state index in [1.807, 2.05) is 18.2 Å². The molecular weight excluding hydrogens is 913 g/mol. The molecule has 5 heteroatoms. The minimum atomic E-state index is -0.556. The van der Waals surface area contributed by atoms with E-state index < -0.39 is 5.41 Å². The van der Waals surface area contributed by atoms with Crippen LogP contribution in [0.1, 0.15) is 22.3 Å². The van der Waals surface area contributed by atoms with E-state index in [4.69, 9.17) is 19.7 Å². The van der Waals surface area contributed by atoms with Gasteiger partial charge < -0.3 is 9.30 Å². The molecule has 0 bridgehead atoms. The molecule has 0 N–H and O–H groups in total. The highest BCUT2D eigenvalue weighted by atomic mass is 16.5. The van der Waals surface area contributed by atoms with E-state index in [0.29, 0.717) is 17.5 Å². The molecule has 5 nitrogen and oxygen atoms in total. The van der Waals surface area contributed by atoms with Gasteiger partial charge in [-0.1, -0.05) is 212 Å². The maximum absolute atomic E-state index is 6.58. The minimum Gasteiger partial charge on any atom is -0.457 e. The van der Waals surface area contributed by atoms with Crippen molar-refractivity contribution in [2.45, 2.75) is 5.41 Å². The predicted octanol–water partition coefficient (Wildman–Crippen LogP) is 17.6. The van der Waals surface area contributed by atoms with Gasteiger partial charge in [0.1, 0.15) is 11.5 Å². The van der Waals surface area contributed by atoms with Crippen molar-refractivity contribution < 1.29 is 4.74 Å². The van der Waals surface area contributed by atoms with Crippen LogP contribution in [0.4, 0.5) is 0 Å². The molecule has 1 aliphatic carbocycles. The molecule has 75 heavy (non-hydrogen) atoms. The Hall–Kier alpha value is -9.97. The Morgan fingerprint density at radius 1 is 0.280 bits per heavy atom. The fraction of sp³-hybridized carbons (Fsp3) is 0.0143. The lowest BCUT2D eigenvalue weighted by molar-refractivity contribution is 0.436. The molecule has 16 rings (SSSR count). The predicted molar refractivity (Wildman–Crippen MR) is 306 cm³/mol. The first-order valence-electron chi connectivity index (χ1n) is 25.6. The van der Waals surface area contributed by atoms with Gasteiger partial charge in [0.15, 0.2) is 17.5 Å². The van der Waals surface area contributed by atoms with Crippen molar-refractivity contribution in [2.75, 3.05) is 0 Å². The number of benzene rings is 12. The molecule has 1 spiro atoms. The summed E-state index contributed by atoms with van der Waals surface area (Å²) in [7, 11) is 0. The van der Waals surface area contributed by atoms with Gasteiger partial charge in [0, 0.05) is 44.3 Å². The molecule has 14 aromatic rings. The number of aromatic nitrogens is 4. The number of ether oxygens (including phenoxy) is 1. The van der Waals surface area contributed by atoms with E-state index >= 15 is 0 Å². The SMILES string of the molecule is c1ccc(-c2nc(-c3ccc(-c4ccc5c6ccccc6n(-c6ccc7c8ccccc8c8ccccc8c7c6)c5c4)cc3)nc(-c3ccc4c(c3)-c3ccccc3C43c4ccccc4Oc4ccccc43)n2)cc1. The number of nitrogens with zero attached hydrogens (tertiary/aromatic N) is 4. The molecule has 0 saturated heterocycles. The van der Waals surface area contributed by atoms with Gasteiger partial charge in [-0.2, -0.15) is 0 Å². The molecule has 0 atom stereocenters. The summed E-state index contributed by atoms with van der Waals surface area (Å²) in [5, 5.41) is 10.0. The zero-order valence-corrected chi connectivity index (χ0v) is 40.4. The van der Waals surface area contributed by atoms with Crippen LogP contribution in [0.2, 0.25) is 0 Å². The molecule has 2 aliphatic rings. The third kappa shape index (κ3) is 6.10. The van der Waals surface area contributed by atoms with Gasteiger partial charge in [0.05, 0.1) is 16.4 Å². The van der Waals surface area contributed by atoms with Gasteiger partial charge in [-0.15, -0.1) is 0 Å². The summed E-state index contributed by atoms with van der Waals surface area (Å²) < 4.78 is 9.02. The minimum absolute atomic E-state index is 0.556. The number of hydrogen-bond donors (Lipinski definition) is 0. The molecule has 348 valence electrons. The molecule has 0 unspecified atom stereocenters. The van der Waals surface area contributed by atoms with Gasteiger partial charge in [0.25, 0.3) is 0 Å². The van der Waals surface area contributed by atoms with Crippen LogP contribution >= 0.6 is 0 Å². The molecule has 2 aromatic heterocycles. The van der Waals surface area contributed by atoms with Gasteiger partial charge in [-0.3, -0.25) is 0 Å². The van der Waals surface area contributed by atoms with Crippen molar-refractivity contribution in [1.82, 2.24) is 19.5 Å². The van der Waals surface area contributed by atoms with Crippen LogP contribution in [-0.2, 0) is 5.41 Å². The average molecular weight is 955 g/mol. The third-order valence-corrected chi connectivity index (χ3v) is 15.9. The Labute approximate surface area is 432 Å². The number of hydrogen-bond acceptors (Lipinski definition) is 4. The lowest BCUT2D eigenvalue weighted by Gasteiger charge is -2.39. The highest BCUT2D eigenvalue weighted by Crippen LogP contribution is 2.62. The fourth-order valence-electron chi connectivity index (χ4n) is 12.6. The highest BCUT2D eigenvalue weighted by Gasteiger charge is 2.51. The van der Waals surface area contributed by atoms with Gasteiger partial charge >= 0.3 is 0 Å². The second kappa shape index (κ2) is 16.0. The zero-order chi connectivity index (χ0) is 49.2. The largest absolute Gasteiger partial charge is 0.457 e. The first kappa shape index (κ1) is 41.6. The quantitative estimate of drug-likeness (QED) is 0.161. The smallest absolute Gasteiger partial charge is 0.164 e. The van der Waals surface area contributed by atoms with E-state index in [9.17, 15) is 0 Å². The van der Waals surface area contributed by atoms with E-state index in [2.05, 4.69) is 241 Å². The average Bonchev–Trinajstić information content (AvgIpc) is 4.15. The lowest BCUT2D eigenvalue weighted by Crippen LogP contribution is -2.32. The summed E-state index contributed by atoms with van der Waals surface area (Å²) in [4.78, 5) is 15.6. The fourth-order valence-corrected chi connectivity index (χ4v) is 12.6. The molecule has 0 amide bonds. The van der Waals surface area contributed by atoms with Crippen molar-refractivity contribution in [3.63, 3.8) is 0 Å². The van der Waals surface area contributed by atoms with Crippen LogP contribution in [0, 0.1) is 0 Å². The van der Waals surface area contributed by atoms with Crippen LogP contribution in [0.25, 0.3) is 116 Å². The van der Waals surface area contributed by atoms with Crippen molar-refractivity contribution in [2.24, 2.45) is 0 Å². The monoisotopic (exact) mass is 954 g/mol. The van der Waals surface area contributed by atoms with Crippen molar-refractivity contribution in [1.29, 1.82) is 0 Å². The zero-order valence-electron chi connectivity index (χ0n) is 40.4. The molecule has 0 radical (unpaired) electrons. The van der Waals surface area contributed by atoms with Crippen molar-refractivity contribution >= 4 is 54.1 Å². The topological polar surface area (TPSA) is 52.8 Å². The maximum atomic E-state index is 6.58. The van der Waals surface area contributed by atoms with E-state index in [1.165, 1.54) is 65.3 Å². The van der Waals surface area contributed by atoms with Gasteiger partial charge in [0.2, 0.25) is 0 Å². The Morgan fingerprint density at radius 3 is 1.44 bits per heavy atom. The molecule has 1 aliphatic heterocycles. The van der Waals surface area contributed by atoms with Crippen LogP contribution in [0.15, 0.2) is 255 Å².